The Morgan fingerprint density at radius 1 is 1.07 bits per heavy atom. The van der Waals surface area contributed by atoms with Gasteiger partial charge in [0, 0.05) is 11.9 Å². The number of benzene rings is 1. The Kier molecular flexibility index (Phi) is 5.58. The molecule has 0 radical (unpaired) electrons. The first-order valence-electron chi connectivity index (χ1n) is 8.67. The van der Waals surface area contributed by atoms with Gasteiger partial charge in [0.05, 0.1) is 31.0 Å². The van der Waals surface area contributed by atoms with E-state index in [1.807, 2.05) is 6.92 Å². The predicted molar refractivity (Wildman–Crippen MR) is 102 cm³/mol. The van der Waals surface area contributed by atoms with Crippen LogP contribution in [0.3, 0.4) is 0 Å². The summed E-state index contributed by atoms with van der Waals surface area (Å²) in [5.74, 6) is -2.46. The molecule has 0 atom stereocenters. The van der Waals surface area contributed by atoms with Crippen molar-refractivity contribution in [2.24, 2.45) is 0 Å². The van der Waals surface area contributed by atoms with Crippen LogP contribution in [0.25, 0.3) is 5.65 Å². The minimum Gasteiger partial charge on any atom is -0.465 e. The molecule has 1 N–H and O–H groups in total. The molecule has 3 rings (SSSR count). The number of aryl methyl sites for hydroxylation is 1. The molecule has 9 heteroatoms. The van der Waals surface area contributed by atoms with E-state index in [1.165, 1.54) is 55.1 Å². The number of hydrogen-bond acceptors (Lipinski definition) is 6. The van der Waals surface area contributed by atoms with E-state index in [-0.39, 0.29) is 22.5 Å². The van der Waals surface area contributed by atoms with Crippen LogP contribution in [-0.2, 0) is 15.9 Å². The third-order valence-corrected chi connectivity index (χ3v) is 4.24. The van der Waals surface area contributed by atoms with Crippen molar-refractivity contribution in [3.63, 3.8) is 0 Å². The number of amides is 1. The molecule has 0 aliphatic rings. The van der Waals surface area contributed by atoms with Gasteiger partial charge in [0.15, 0.2) is 0 Å². The average molecular weight is 399 g/mol. The second-order valence-electron chi connectivity index (χ2n) is 6.07. The van der Waals surface area contributed by atoms with Crippen LogP contribution in [0.2, 0.25) is 0 Å². The molecule has 0 aliphatic heterocycles. The summed E-state index contributed by atoms with van der Waals surface area (Å²) in [7, 11) is 2.40. The Morgan fingerprint density at radius 3 is 2.24 bits per heavy atom. The molecule has 0 fully saturated rings. The molecule has 0 unspecified atom stereocenters. The maximum Gasteiger partial charge on any atom is 0.337 e. The van der Waals surface area contributed by atoms with E-state index >= 15 is 0 Å². The lowest BCUT2D eigenvalue weighted by atomic mass is 10.1. The number of nitrogens with zero attached hydrogens (tertiary/aromatic N) is 2. The van der Waals surface area contributed by atoms with Gasteiger partial charge in [-0.1, -0.05) is 6.92 Å². The van der Waals surface area contributed by atoms with Gasteiger partial charge in [0.25, 0.3) is 5.91 Å². The Hall–Kier alpha value is -3.75. The molecule has 0 aliphatic carbocycles. The maximum absolute atomic E-state index is 13.7. The van der Waals surface area contributed by atoms with Gasteiger partial charge in [-0.3, -0.25) is 9.20 Å². The molecule has 1 amide bonds. The van der Waals surface area contributed by atoms with Crippen molar-refractivity contribution in [1.82, 2.24) is 9.38 Å². The summed E-state index contributed by atoms with van der Waals surface area (Å²) in [6, 6.07) is 6.76. The summed E-state index contributed by atoms with van der Waals surface area (Å²) in [4.78, 5) is 41.1. The first kappa shape index (κ1) is 20.0. The highest BCUT2D eigenvalue weighted by molar-refractivity contribution is 6.06. The Balaban J connectivity index is 2.05. The molecule has 2 aromatic heterocycles. The van der Waals surface area contributed by atoms with Crippen LogP contribution in [0.1, 0.15) is 43.8 Å². The second-order valence-corrected chi connectivity index (χ2v) is 6.07. The second kappa shape index (κ2) is 8.09. The number of rotatable bonds is 5. The number of imidazole rings is 1. The summed E-state index contributed by atoms with van der Waals surface area (Å²) in [5.41, 5.74) is 1.35. The van der Waals surface area contributed by atoms with Crippen LogP contribution >= 0.6 is 0 Å². The number of ether oxygens (including phenoxy) is 2. The lowest BCUT2D eigenvalue weighted by molar-refractivity contribution is 0.0599. The van der Waals surface area contributed by atoms with E-state index in [1.54, 1.807) is 0 Å². The highest BCUT2D eigenvalue weighted by Crippen LogP contribution is 2.20. The summed E-state index contributed by atoms with van der Waals surface area (Å²) in [6.45, 7) is 1.82. The number of anilines is 1. The first-order valence-corrected chi connectivity index (χ1v) is 8.67. The summed E-state index contributed by atoms with van der Waals surface area (Å²) < 4.78 is 24.4. The number of pyridine rings is 1. The predicted octanol–water partition coefficient (Wildman–Crippen LogP) is 2.86. The molecule has 2 heterocycles. The highest BCUT2D eigenvalue weighted by Gasteiger charge is 2.20. The van der Waals surface area contributed by atoms with Crippen LogP contribution in [0.5, 0.6) is 0 Å². The zero-order valence-electron chi connectivity index (χ0n) is 16.0. The average Bonchev–Trinajstić information content (AvgIpc) is 3.09. The summed E-state index contributed by atoms with van der Waals surface area (Å²) in [6.07, 6.45) is 1.61. The van der Waals surface area contributed by atoms with Gasteiger partial charge in [-0.15, -0.1) is 0 Å². The van der Waals surface area contributed by atoms with Gasteiger partial charge in [-0.2, -0.15) is 0 Å². The smallest absolute Gasteiger partial charge is 0.337 e. The van der Waals surface area contributed by atoms with Crippen molar-refractivity contribution < 1.29 is 28.2 Å². The fourth-order valence-electron chi connectivity index (χ4n) is 2.92. The first-order chi connectivity index (χ1) is 13.9. The van der Waals surface area contributed by atoms with Crippen molar-refractivity contribution in [3.8, 4) is 0 Å². The number of carbonyl (C=O) groups excluding carboxylic acids is 3. The SMILES string of the molecule is CCc1nc2ccc(F)cn2c1C(=O)Nc1cc(C(=O)OC)cc(C(=O)OC)c1. The van der Waals surface area contributed by atoms with Crippen molar-refractivity contribution in [2.75, 3.05) is 19.5 Å². The van der Waals surface area contributed by atoms with Crippen LogP contribution in [-0.4, -0.2) is 41.5 Å². The van der Waals surface area contributed by atoms with E-state index in [0.717, 1.165) is 0 Å². The quantitative estimate of drug-likeness (QED) is 0.663. The summed E-state index contributed by atoms with van der Waals surface area (Å²) in [5, 5.41) is 2.63. The normalized spacial score (nSPS) is 10.6. The number of hydrogen-bond donors (Lipinski definition) is 1. The molecular formula is C20H18FN3O5. The van der Waals surface area contributed by atoms with Gasteiger partial charge < -0.3 is 14.8 Å². The Labute approximate surface area is 165 Å². The molecule has 1 aromatic carbocycles. The molecule has 8 nitrogen and oxygen atoms in total. The minimum absolute atomic E-state index is 0.0607. The zero-order chi connectivity index (χ0) is 21.1. The van der Waals surface area contributed by atoms with Gasteiger partial charge >= 0.3 is 11.9 Å². The molecule has 29 heavy (non-hydrogen) atoms. The van der Waals surface area contributed by atoms with E-state index in [9.17, 15) is 18.8 Å². The fourth-order valence-corrected chi connectivity index (χ4v) is 2.92. The van der Waals surface area contributed by atoms with E-state index in [4.69, 9.17) is 0 Å². The van der Waals surface area contributed by atoms with Crippen LogP contribution in [0.4, 0.5) is 10.1 Å². The Morgan fingerprint density at radius 2 is 1.69 bits per heavy atom. The largest absolute Gasteiger partial charge is 0.465 e. The molecule has 0 bridgehead atoms. The molecular weight excluding hydrogens is 381 g/mol. The Bertz CT molecular complexity index is 1090. The number of nitrogens with one attached hydrogen (secondary N) is 1. The standard InChI is InChI=1S/C20H18FN3O5/c1-4-15-17(24-10-13(21)5-6-16(24)23-15)18(25)22-14-8-11(19(26)28-2)7-12(9-14)20(27)29-3/h5-10H,4H2,1-3H3,(H,22,25). The zero-order valence-corrected chi connectivity index (χ0v) is 16.0. The molecule has 0 saturated carbocycles. The van der Waals surface area contributed by atoms with Crippen LogP contribution < -0.4 is 5.32 Å². The third-order valence-electron chi connectivity index (χ3n) is 4.24. The lowest BCUT2D eigenvalue weighted by Gasteiger charge is -2.10. The van der Waals surface area contributed by atoms with Gasteiger partial charge in [-0.25, -0.2) is 19.0 Å². The number of aromatic nitrogens is 2. The number of methoxy groups -OCH3 is 2. The van der Waals surface area contributed by atoms with Crippen LogP contribution in [0.15, 0.2) is 36.5 Å². The van der Waals surface area contributed by atoms with Crippen molar-refractivity contribution >= 4 is 29.2 Å². The third kappa shape index (κ3) is 3.93. The fraction of sp³-hybridized carbons (Fsp3) is 0.200. The highest BCUT2D eigenvalue weighted by atomic mass is 19.1. The van der Waals surface area contributed by atoms with E-state index in [0.29, 0.717) is 17.8 Å². The van der Waals surface area contributed by atoms with Crippen molar-refractivity contribution in [3.05, 3.63) is 64.9 Å². The molecule has 3 aromatic rings. The van der Waals surface area contributed by atoms with Gasteiger partial charge in [-0.05, 0) is 36.8 Å². The number of fused-ring (bicyclic) bond motifs is 1. The number of halogens is 1. The summed E-state index contributed by atoms with van der Waals surface area (Å²) >= 11 is 0. The number of esters is 2. The topological polar surface area (TPSA) is 99.0 Å². The maximum atomic E-state index is 13.7. The number of carbonyl (C=O) groups is 3. The van der Waals surface area contributed by atoms with E-state index in [2.05, 4.69) is 19.8 Å². The van der Waals surface area contributed by atoms with Crippen LogP contribution in [0, 0.1) is 5.82 Å². The monoisotopic (exact) mass is 399 g/mol. The minimum atomic E-state index is -0.683. The molecule has 0 saturated heterocycles. The molecule has 150 valence electrons. The van der Waals surface area contributed by atoms with Gasteiger partial charge in [0.1, 0.15) is 17.2 Å². The lowest BCUT2D eigenvalue weighted by Crippen LogP contribution is -2.17. The molecule has 0 spiro atoms. The van der Waals surface area contributed by atoms with Crippen molar-refractivity contribution in [2.45, 2.75) is 13.3 Å². The van der Waals surface area contributed by atoms with E-state index < -0.39 is 23.7 Å². The van der Waals surface area contributed by atoms with Crippen molar-refractivity contribution in [1.29, 1.82) is 0 Å². The van der Waals surface area contributed by atoms with Gasteiger partial charge in [0.2, 0.25) is 0 Å².